The van der Waals surface area contributed by atoms with Crippen LogP contribution in [0.4, 0.5) is 13.2 Å². The molecule has 0 spiro atoms. The highest BCUT2D eigenvalue weighted by Gasteiger charge is 2.35. The molecular weight excluding hydrogens is 323 g/mol. The van der Waals surface area contributed by atoms with Crippen LogP contribution in [0.3, 0.4) is 0 Å². The van der Waals surface area contributed by atoms with Gasteiger partial charge >= 0.3 is 6.18 Å². The lowest BCUT2D eigenvalue weighted by Crippen LogP contribution is -2.08. The molecule has 2 aromatic rings. The first-order valence-electron chi connectivity index (χ1n) is 5.34. The molecule has 19 heavy (non-hydrogen) atoms. The summed E-state index contributed by atoms with van der Waals surface area (Å²) in [7, 11) is 0. The first-order valence-corrected chi connectivity index (χ1v) is 6.13. The van der Waals surface area contributed by atoms with Crippen molar-refractivity contribution < 1.29 is 17.9 Å². The van der Waals surface area contributed by atoms with Crippen molar-refractivity contribution in [3.05, 3.63) is 52.1 Å². The monoisotopic (exact) mass is 331 g/mol. The molecule has 2 rings (SSSR count). The van der Waals surface area contributed by atoms with Gasteiger partial charge in [0.15, 0.2) is 0 Å². The number of pyridine rings is 1. The Morgan fingerprint density at radius 2 is 1.95 bits per heavy atom. The molecule has 0 N–H and O–H groups in total. The summed E-state index contributed by atoms with van der Waals surface area (Å²) in [5.41, 5.74) is -0.0300. The SMILES string of the molecule is Cc1cc(Oc2ncccc2C(F)(F)F)ccc1Br. The molecular formula is C13H9BrF3NO. The van der Waals surface area contributed by atoms with Crippen molar-refractivity contribution in [2.24, 2.45) is 0 Å². The Labute approximate surface area is 116 Å². The Bertz CT molecular complexity index is 599. The van der Waals surface area contributed by atoms with Crippen LogP contribution in [0.2, 0.25) is 0 Å². The highest BCUT2D eigenvalue weighted by atomic mass is 79.9. The average Bonchev–Trinajstić information content (AvgIpc) is 2.33. The van der Waals surface area contributed by atoms with E-state index >= 15 is 0 Å². The second kappa shape index (κ2) is 5.21. The number of hydrogen-bond acceptors (Lipinski definition) is 2. The maximum absolute atomic E-state index is 12.8. The first-order chi connectivity index (χ1) is 8.88. The number of halogens is 4. The summed E-state index contributed by atoms with van der Waals surface area (Å²) >= 11 is 3.31. The number of nitrogens with zero attached hydrogens (tertiary/aromatic N) is 1. The highest BCUT2D eigenvalue weighted by molar-refractivity contribution is 9.10. The second-order valence-electron chi connectivity index (χ2n) is 3.87. The third kappa shape index (κ3) is 3.26. The molecule has 0 atom stereocenters. The Morgan fingerprint density at radius 1 is 1.21 bits per heavy atom. The normalized spacial score (nSPS) is 11.4. The van der Waals surface area contributed by atoms with Crippen molar-refractivity contribution in [2.45, 2.75) is 13.1 Å². The van der Waals surface area contributed by atoms with Gasteiger partial charge in [0, 0.05) is 10.7 Å². The van der Waals surface area contributed by atoms with E-state index in [-0.39, 0.29) is 0 Å². The lowest BCUT2D eigenvalue weighted by Gasteiger charge is -2.12. The first kappa shape index (κ1) is 13.9. The summed E-state index contributed by atoms with van der Waals surface area (Å²) in [6.07, 6.45) is -3.23. The van der Waals surface area contributed by atoms with Crippen LogP contribution in [0, 0.1) is 6.92 Å². The number of hydrogen-bond donors (Lipinski definition) is 0. The quantitative estimate of drug-likeness (QED) is 0.775. The molecule has 6 heteroatoms. The van der Waals surface area contributed by atoms with Gasteiger partial charge < -0.3 is 4.74 Å². The van der Waals surface area contributed by atoms with Gasteiger partial charge in [-0.25, -0.2) is 4.98 Å². The van der Waals surface area contributed by atoms with Crippen LogP contribution >= 0.6 is 15.9 Å². The number of ether oxygens (including phenoxy) is 1. The molecule has 0 radical (unpaired) electrons. The largest absolute Gasteiger partial charge is 0.438 e. The zero-order valence-electron chi connectivity index (χ0n) is 9.83. The van der Waals surface area contributed by atoms with Crippen molar-refractivity contribution in [2.75, 3.05) is 0 Å². The van der Waals surface area contributed by atoms with E-state index in [4.69, 9.17) is 4.74 Å². The zero-order chi connectivity index (χ0) is 14.0. The number of alkyl halides is 3. The smallest absolute Gasteiger partial charge is 0.421 e. The molecule has 0 saturated carbocycles. The van der Waals surface area contributed by atoms with E-state index in [2.05, 4.69) is 20.9 Å². The van der Waals surface area contributed by atoms with E-state index in [9.17, 15) is 13.2 Å². The molecule has 2 nitrogen and oxygen atoms in total. The number of aryl methyl sites for hydroxylation is 1. The van der Waals surface area contributed by atoms with Gasteiger partial charge in [0.05, 0.1) is 0 Å². The van der Waals surface area contributed by atoms with Crippen molar-refractivity contribution >= 4 is 15.9 Å². The molecule has 0 saturated heterocycles. The number of rotatable bonds is 2. The minimum Gasteiger partial charge on any atom is -0.438 e. The fourth-order valence-electron chi connectivity index (χ4n) is 1.48. The number of aromatic nitrogens is 1. The zero-order valence-corrected chi connectivity index (χ0v) is 11.4. The van der Waals surface area contributed by atoms with Crippen molar-refractivity contribution in [3.8, 4) is 11.6 Å². The fraction of sp³-hybridized carbons (Fsp3) is 0.154. The molecule has 0 aliphatic rings. The van der Waals surface area contributed by atoms with Gasteiger partial charge in [0.2, 0.25) is 5.88 Å². The molecule has 0 fully saturated rings. The van der Waals surface area contributed by atoms with E-state index in [0.717, 1.165) is 16.1 Å². The maximum Gasteiger partial charge on any atom is 0.421 e. The van der Waals surface area contributed by atoms with Crippen LogP contribution in [-0.4, -0.2) is 4.98 Å². The molecule has 1 aromatic heterocycles. The molecule has 0 aliphatic carbocycles. The summed E-state index contributed by atoms with van der Waals surface area (Å²) in [5, 5.41) is 0. The summed E-state index contributed by atoms with van der Waals surface area (Å²) < 4.78 is 44.4. The van der Waals surface area contributed by atoms with Gasteiger partial charge in [-0.2, -0.15) is 13.2 Å². The van der Waals surface area contributed by atoms with E-state index < -0.39 is 17.6 Å². The van der Waals surface area contributed by atoms with Crippen LogP contribution in [0.15, 0.2) is 41.0 Å². The third-order valence-corrected chi connectivity index (χ3v) is 3.31. The molecule has 0 unspecified atom stereocenters. The predicted molar refractivity (Wildman–Crippen MR) is 68.2 cm³/mol. The van der Waals surface area contributed by atoms with E-state index in [1.54, 1.807) is 18.2 Å². The van der Waals surface area contributed by atoms with E-state index in [1.807, 2.05) is 6.92 Å². The molecule has 0 amide bonds. The highest BCUT2D eigenvalue weighted by Crippen LogP contribution is 2.36. The Morgan fingerprint density at radius 3 is 2.58 bits per heavy atom. The van der Waals surface area contributed by atoms with Gasteiger partial charge in [-0.1, -0.05) is 15.9 Å². The summed E-state index contributed by atoms with van der Waals surface area (Å²) in [5.74, 6) is -0.137. The average molecular weight is 332 g/mol. The van der Waals surface area contributed by atoms with Gasteiger partial charge in [-0.3, -0.25) is 0 Å². The third-order valence-electron chi connectivity index (χ3n) is 2.42. The number of benzene rings is 1. The Balaban J connectivity index is 2.36. The van der Waals surface area contributed by atoms with Crippen LogP contribution in [0.25, 0.3) is 0 Å². The summed E-state index contributed by atoms with van der Waals surface area (Å²) in [6, 6.07) is 7.09. The van der Waals surface area contributed by atoms with E-state index in [0.29, 0.717) is 5.75 Å². The Hall–Kier alpha value is -1.56. The van der Waals surface area contributed by atoms with Crippen LogP contribution < -0.4 is 4.74 Å². The van der Waals surface area contributed by atoms with Gasteiger partial charge in [0.1, 0.15) is 11.3 Å². The molecule has 1 aromatic carbocycles. The standard InChI is InChI=1S/C13H9BrF3NO/c1-8-7-9(4-5-11(8)14)19-12-10(13(15,16)17)3-2-6-18-12/h2-7H,1H3. The predicted octanol–water partition coefficient (Wildman–Crippen LogP) is 4.96. The van der Waals surface area contributed by atoms with Crippen molar-refractivity contribution in [3.63, 3.8) is 0 Å². The van der Waals surface area contributed by atoms with Crippen LogP contribution in [0.5, 0.6) is 11.6 Å². The van der Waals surface area contributed by atoms with Crippen molar-refractivity contribution in [1.82, 2.24) is 4.98 Å². The minimum absolute atomic E-state index is 0.310. The lowest BCUT2D eigenvalue weighted by atomic mass is 10.2. The van der Waals surface area contributed by atoms with Gasteiger partial charge in [0.25, 0.3) is 0 Å². The lowest BCUT2D eigenvalue weighted by molar-refractivity contribution is -0.138. The van der Waals surface area contributed by atoms with Gasteiger partial charge in [-0.05, 0) is 42.8 Å². The van der Waals surface area contributed by atoms with Crippen LogP contribution in [0.1, 0.15) is 11.1 Å². The fourth-order valence-corrected chi connectivity index (χ4v) is 1.73. The Kier molecular flexibility index (Phi) is 3.80. The minimum atomic E-state index is -4.49. The molecule has 0 bridgehead atoms. The second-order valence-corrected chi connectivity index (χ2v) is 4.72. The molecule has 1 heterocycles. The van der Waals surface area contributed by atoms with Gasteiger partial charge in [-0.15, -0.1) is 0 Å². The van der Waals surface area contributed by atoms with Crippen LogP contribution in [-0.2, 0) is 6.18 Å². The maximum atomic E-state index is 12.8. The summed E-state index contributed by atoms with van der Waals surface area (Å²) in [6.45, 7) is 1.82. The topological polar surface area (TPSA) is 22.1 Å². The summed E-state index contributed by atoms with van der Waals surface area (Å²) in [4.78, 5) is 3.64. The molecule has 0 aliphatic heterocycles. The van der Waals surface area contributed by atoms with E-state index in [1.165, 1.54) is 12.3 Å². The molecule has 100 valence electrons. The van der Waals surface area contributed by atoms with Crippen molar-refractivity contribution in [1.29, 1.82) is 0 Å².